The first-order valence-electron chi connectivity index (χ1n) is 8.07. The lowest BCUT2D eigenvalue weighted by Gasteiger charge is -2.22. The Morgan fingerprint density at radius 1 is 1.41 bits per heavy atom. The Balaban J connectivity index is 1.71. The fourth-order valence-corrected chi connectivity index (χ4v) is 6.47. The largest absolute Gasteiger partial charge is 0.391 e. The number of aliphatic hydroxyl groups excluding tert-OH is 1. The lowest BCUT2D eigenvalue weighted by Crippen LogP contribution is -2.26. The standard InChI is InChI=1S/C17H16ClN3O3S3/c1-21(27(23,24)15-3-2-6-25-15)14-5-4-12(18)11-7-13(20-16(11)14)17-19-8-10(9-22)26-17/h2-6,8,13,20,22H,7,9H2,1H3. The third-order valence-electron chi connectivity index (χ3n) is 4.44. The third-order valence-corrected chi connectivity index (χ3v) is 9.03. The van der Waals surface area contributed by atoms with E-state index in [1.165, 1.54) is 27.0 Å². The van der Waals surface area contributed by atoms with Crippen molar-refractivity contribution in [1.82, 2.24) is 4.98 Å². The number of benzene rings is 1. The Labute approximate surface area is 170 Å². The van der Waals surface area contributed by atoms with E-state index in [0.717, 1.165) is 15.4 Å². The van der Waals surface area contributed by atoms with Gasteiger partial charge in [0.2, 0.25) is 0 Å². The topological polar surface area (TPSA) is 82.5 Å². The van der Waals surface area contributed by atoms with E-state index in [4.69, 9.17) is 11.6 Å². The molecule has 1 aromatic carbocycles. The first-order chi connectivity index (χ1) is 12.9. The predicted octanol–water partition coefficient (Wildman–Crippen LogP) is 3.88. The highest BCUT2D eigenvalue weighted by Crippen LogP contribution is 2.45. The van der Waals surface area contributed by atoms with Crippen LogP contribution in [0.15, 0.2) is 40.1 Å². The minimum atomic E-state index is -3.64. The molecule has 4 rings (SSSR count). The number of thiophene rings is 1. The summed E-state index contributed by atoms with van der Waals surface area (Å²) in [7, 11) is -2.10. The van der Waals surface area contributed by atoms with Gasteiger partial charge in [-0.2, -0.15) is 0 Å². The third kappa shape index (κ3) is 3.23. The molecule has 27 heavy (non-hydrogen) atoms. The molecule has 1 unspecified atom stereocenters. The number of aliphatic hydroxyl groups is 1. The van der Waals surface area contributed by atoms with Crippen molar-refractivity contribution < 1.29 is 13.5 Å². The Hall–Kier alpha value is -1.65. The molecule has 1 aliphatic heterocycles. The Morgan fingerprint density at radius 3 is 2.89 bits per heavy atom. The van der Waals surface area contributed by atoms with E-state index >= 15 is 0 Å². The molecule has 142 valence electrons. The quantitative estimate of drug-likeness (QED) is 0.627. The van der Waals surface area contributed by atoms with Crippen molar-refractivity contribution in [2.45, 2.75) is 23.3 Å². The van der Waals surface area contributed by atoms with Crippen LogP contribution in [0.25, 0.3) is 0 Å². The Morgan fingerprint density at radius 2 is 2.22 bits per heavy atom. The van der Waals surface area contributed by atoms with Crippen LogP contribution in [0.5, 0.6) is 0 Å². The van der Waals surface area contributed by atoms with Gasteiger partial charge in [-0.15, -0.1) is 22.7 Å². The average Bonchev–Trinajstić information content (AvgIpc) is 3.40. The maximum Gasteiger partial charge on any atom is 0.273 e. The van der Waals surface area contributed by atoms with Gasteiger partial charge in [0, 0.05) is 24.7 Å². The molecular weight excluding hydrogens is 426 g/mol. The van der Waals surface area contributed by atoms with Gasteiger partial charge >= 0.3 is 0 Å². The number of aromatic nitrogens is 1. The van der Waals surface area contributed by atoms with Gasteiger partial charge in [-0.05, 0) is 29.1 Å². The molecule has 2 N–H and O–H groups in total. The van der Waals surface area contributed by atoms with E-state index in [9.17, 15) is 13.5 Å². The molecule has 2 aromatic heterocycles. The summed E-state index contributed by atoms with van der Waals surface area (Å²) in [5.74, 6) is 0. The zero-order valence-corrected chi connectivity index (χ0v) is 17.4. The molecule has 1 atom stereocenters. The van der Waals surface area contributed by atoms with Crippen LogP contribution in [0.3, 0.4) is 0 Å². The molecule has 0 spiro atoms. The van der Waals surface area contributed by atoms with Crippen molar-refractivity contribution in [3.05, 3.63) is 56.3 Å². The van der Waals surface area contributed by atoms with Crippen LogP contribution < -0.4 is 9.62 Å². The second-order valence-corrected chi connectivity index (χ2v) is 10.7. The number of sulfonamides is 1. The summed E-state index contributed by atoms with van der Waals surface area (Å²) in [4.78, 5) is 5.15. The van der Waals surface area contributed by atoms with Gasteiger partial charge in [0.25, 0.3) is 10.0 Å². The van der Waals surface area contributed by atoms with Gasteiger partial charge in [0.15, 0.2) is 0 Å². The molecular formula is C17H16ClN3O3S3. The smallest absolute Gasteiger partial charge is 0.273 e. The van der Waals surface area contributed by atoms with Gasteiger partial charge < -0.3 is 10.4 Å². The summed E-state index contributed by atoms with van der Waals surface area (Å²) in [6.07, 6.45) is 2.26. The number of thiazole rings is 1. The first kappa shape index (κ1) is 18.7. The molecule has 6 nitrogen and oxygen atoms in total. The summed E-state index contributed by atoms with van der Waals surface area (Å²) in [5.41, 5.74) is 2.12. The number of rotatable bonds is 5. The number of nitrogens with one attached hydrogen (secondary N) is 1. The SMILES string of the molecule is CN(c1ccc(Cl)c2c1NC(c1ncc(CO)s1)C2)S(=O)(=O)c1cccs1. The molecule has 0 saturated carbocycles. The second kappa shape index (κ2) is 7.06. The minimum absolute atomic E-state index is 0.0505. The van der Waals surface area contributed by atoms with Gasteiger partial charge in [0.1, 0.15) is 9.22 Å². The highest BCUT2D eigenvalue weighted by atomic mass is 35.5. The summed E-state index contributed by atoms with van der Waals surface area (Å²) >= 11 is 8.99. The van der Waals surface area contributed by atoms with E-state index in [1.807, 2.05) is 0 Å². The van der Waals surface area contributed by atoms with E-state index in [-0.39, 0.29) is 16.9 Å². The van der Waals surface area contributed by atoms with E-state index in [2.05, 4.69) is 10.3 Å². The van der Waals surface area contributed by atoms with Crippen LogP contribution in [0.1, 0.15) is 21.5 Å². The summed E-state index contributed by atoms with van der Waals surface area (Å²) in [6.45, 7) is -0.0505. The van der Waals surface area contributed by atoms with Crippen molar-refractivity contribution in [3.8, 4) is 0 Å². The molecule has 3 aromatic rings. The average molecular weight is 442 g/mol. The molecule has 0 saturated heterocycles. The number of hydrogen-bond donors (Lipinski definition) is 2. The van der Waals surface area contributed by atoms with Gasteiger partial charge in [0.05, 0.1) is 28.9 Å². The normalized spacial score (nSPS) is 16.2. The van der Waals surface area contributed by atoms with Crippen LogP contribution in [0.2, 0.25) is 5.02 Å². The zero-order chi connectivity index (χ0) is 19.2. The molecule has 0 amide bonds. The number of nitrogens with zero attached hydrogens (tertiary/aromatic N) is 2. The van der Waals surface area contributed by atoms with Crippen molar-refractivity contribution in [1.29, 1.82) is 0 Å². The maximum absolute atomic E-state index is 12.9. The predicted molar refractivity (Wildman–Crippen MR) is 109 cm³/mol. The van der Waals surface area contributed by atoms with Crippen LogP contribution in [0.4, 0.5) is 11.4 Å². The monoisotopic (exact) mass is 441 g/mol. The van der Waals surface area contributed by atoms with Crippen molar-refractivity contribution in [3.63, 3.8) is 0 Å². The molecule has 0 fully saturated rings. The fraction of sp³-hybridized carbons (Fsp3) is 0.235. The molecule has 1 aliphatic rings. The summed E-state index contributed by atoms with van der Waals surface area (Å²) in [6, 6.07) is 6.63. The number of anilines is 2. The molecule has 10 heteroatoms. The Kier molecular flexibility index (Phi) is 4.89. The second-order valence-electron chi connectivity index (χ2n) is 6.05. The highest BCUT2D eigenvalue weighted by Gasteiger charge is 2.32. The van der Waals surface area contributed by atoms with Crippen LogP contribution >= 0.6 is 34.3 Å². The summed E-state index contributed by atoms with van der Waals surface area (Å²) < 4.78 is 27.4. The van der Waals surface area contributed by atoms with E-state index in [0.29, 0.717) is 22.8 Å². The molecule has 0 bridgehead atoms. The van der Waals surface area contributed by atoms with Crippen molar-refractivity contribution in [2.75, 3.05) is 16.7 Å². The Bertz CT molecular complexity index is 1080. The lowest BCUT2D eigenvalue weighted by atomic mass is 10.1. The highest BCUT2D eigenvalue weighted by molar-refractivity contribution is 7.94. The van der Waals surface area contributed by atoms with Crippen LogP contribution in [-0.4, -0.2) is 25.6 Å². The number of halogens is 1. The van der Waals surface area contributed by atoms with E-state index < -0.39 is 10.0 Å². The van der Waals surface area contributed by atoms with Gasteiger partial charge in [-0.1, -0.05) is 17.7 Å². The van der Waals surface area contributed by atoms with Crippen LogP contribution in [-0.2, 0) is 23.1 Å². The number of fused-ring (bicyclic) bond motifs is 1. The van der Waals surface area contributed by atoms with Crippen LogP contribution in [0, 0.1) is 0 Å². The van der Waals surface area contributed by atoms with Gasteiger partial charge in [-0.25, -0.2) is 13.4 Å². The molecule has 0 aliphatic carbocycles. The summed E-state index contributed by atoms with van der Waals surface area (Å²) in [5, 5.41) is 15.8. The fourth-order valence-electron chi connectivity index (χ4n) is 3.04. The lowest BCUT2D eigenvalue weighted by molar-refractivity contribution is 0.285. The van der Waals surface area contributed by atoms with Crippen molar-refractivity contribution >= 4 is 55.7 Å². The number of hydrogen-bond acceptors (Lipinski definition) is 7. The minimum Gasteiger partial charge on any atom is -0.391 e. The maximum atomic E-state index is 12.9. The zero-order valence-electron chi connectivity index (χ0n) is 14.2. The molecule has 0 radical (unpaired) electrons. The first-order valence-corrected chi connectivity index (χ1v) is 11.6. The van der Waals surface area contributed by atoms with Crippen molar-refractivity contribution in [2.24, 2.45) is 0 Å². The molecule has 3 heterocycles. The van der Waals surface area contributed by atoms with Gasteiger partial charge in [-0.3, -0.25) is 4.31 Å². The van der Waals surface area contributed by atoms with E-state index in [1.54, 1.807) is 42.9 Å².